The van der Waals surface area contributed by atoms with Crippen molar-refractivity contribution in [2.24, 2.45) is 0 Å². The van der Waals surface area contributed by atoms with Crippen molar-refractivity contribution in [2.75, 3.05) is 0 Å². The van der Waals surface area contributed by atoms with E-state index in [2.05, 4.69) is 37.5 Å². The quantitative estimate of drug-likeness (QED) is 0.736. The lowest BCUT2D eigenvalue weighted by atomic mass is 10.1. The zero-order chi connectivity index (χ0) is 11.1. The van der Waals surface area contributed by atoms with Gasteiger partial charge in [-0.05, 0) is 36.8 Å². The van der Waals surface area contributed by atoms with E-state index < -0.39 is 0 Å². The Morgan fingerprint density at radius 2 is 2.20 bits per heavy atom. The third kappa shape index (κ3) is 4.35. The maximum absolute atomic E-state index is 3.66. The average Bonchev–Trinajstić information content (AvgIpc) is 2.65. The molecule has 1 nitrogen and oxygen atoms in total. The standard InChI is InChI=1S/C13H23NS/c1-4-6-7-12(5-2)14-10-13-11(3)8-9-15-13/h8-9,12,14H,4-7,10H2,1-3H3. The SMILES string of the molecule is CCCCC(CC)NCc1sccc1C. The highest BCUT2D eigenvalue weighted by molar-refractivity contribution is 7.10. The van der Waals surface area contributed by atoms with Crippen molar-refractivity contribution in [2.45, 2.75) is 59.0 Å². The zero-order valence-electron chi connectivity index (χ0n) is 10.2. The van der Waals surface area contributed by atoms with Crippen molar-refractivity contribution in [1.82, 2.24) is 5.32 Å². The average molecular weight is 225 g/mol. The summed E-state index contributed by atoms with van der Waals surface area (Å²) >= 11 is 1.86. The van der Waals surface area contributed by atoms with Gasteiger partial charge in [-0.1, -0.05) is 26.7 Å². The molecule has 0 aromatic carbocycles. The van der Waals surface area contributed by atoms with Gasteiger partial charge in [-0.25, -0.2) is 0 Å². The molecule has 0 fully saturated rings. The first-order chi connectivity index (χ1) is 7.27. The molecular formula is C13H23NS. The molecule has 0 bridgehead atoms. The van der Waals surface area contributed by atoms with Gasteiger partial charge in [0, 0.05) is 17.5 Å². The predicted molar refractivity (Wildman–Crippen MR) is 69.5 cm³/mol. The maximum atomic E-state index is 3.66. The first-order valence-corrected chi connectivity index (χ1v) is 6.92. The van der Waals surface area contributed by atoms with Crippen molar-refractivity contribution >= 4 is 11.3 Å². The molecule has 1 unspecified atom stereocenters. The first-order valence-electron chi connectivity index (χ1n) is 6.04. The van der Waals surface area contributed by atoms with Crippen molar-refractivity contribution in [3.05, 3.63) is 21.9 Å². The fourth-order valence-electron chi connectivity index (χ4n) is 1.72. The summed E-state index contributed by atoms with van der Waals surface area (Å²) < 4.78 is 0. The topological polar surface area (TPSA) is 12.0 Å². The Labute approximate surface area is 97.9 Å². The Bertz CT molecular complexity index is 267. The molecule has 0 spiro atoms. The number of hydrogen-bond donors (Lipinski definition) is 1. The van der Waals surface area contributed by atoms with Crippen LogP contribution in [0.25, 0.3) is 0 Å². The van der Waals surface area contributed by atoms with Gasteiger partial charge in [0.05, 0.1) is 0 Å². The van der Waals surface area contributed by atoms with E-state index in [1.807, 2.05) is 11.3 Å². The second-order valence-corrected chi connectivity index (χ2v) is 5.16. The summed E-state index contributed by atoms with van der Waals surface area (Å²) in [6.45, 7) is 7.77. The molecule has 1 heterocycles. The number of aryl methyl sites for hydroxylation is 1. The third-order valence-corrected chi connectivity index (χ3v) is 3.94. The molecule has 1 N–H and O–H groups in total. The molecular weight excluding hydrogens is 202 g/mol. The number of thiophene rings is 1. The van der Waals surface area contributed by atoms with Crippen LogP contribution >= 0.6 is 11.3 Å². The second kappa shape index (κ2) is 7.02. The van der Waals surface area contributed by atoms with E-state index in [4.69, 9.17) is 0 Å². The zero-order valence-corrected chi connectivity index (χ0v) is 11.0. The summed E-state index contributed by atoms with van der Waals surface area (Å²) in [6.07, 6.45) is 5.20. The summed E-state index contributed by atoms with van der Waals surface area (Å²) in [7, 11) is 0. The summed E-state index contributed by atoms with van der Waals surface area (Å²) in [5, 5.41) is 5.84. The van der Waals surface area contributed by atoms with E-state index in [0.29, 0.717) is 6.04 Å². The van der Waals surface area contributed by atoms with Gasteiger partial charge >= 0.3 is 0 Å². The fraction of sp³-hybridized carbons (Fsp3) is 0.692. The van der Waals surface area contributed by atoms with Crippen LogP contribution < -0.4 is 5.32 Å². The van der Waals surface area contributed by atoms with Gasteiger partial charge in [-0.2, -0.15) is 0 Å². The lowest BCUT2D eigenvalue weighted by Crippen LogP contribution is -2.27. The summed E-state index contributed by atoms with van der Waals surface area (Å²) in [5.41, 5.74) is 1.43. The molecule has 0 saturated carbocycles. The van der Waals surface area contributed by atoms with Gasteiger partial charge in [0.2, 0.25) is 0 Å². The van der Waals surface area contributed by atoms with E-state index in [1.54, 1.807) is 0 Å². The Kier molecular flexibility index (Phi) is 5.96. The molecule has 1 aromatic rings. The fourth-order valence-corrected chi connectivity index (χ4v) is 2.58. The minimum atomic E-state index is 0.700. The van der Waals surface area contributed by atoms with Crippen LogP contribution in [0.15, 0.2) is 11.4 Å². The molecule has 1 rings (SSSR count). The Balaban J connectivity index is 2.31. The molecule has 0 aliphatic carbocycles. The number of hydrogen-bond acceptors (Lipinski definition) is 2. The van der Waals surface area contributed by atoms with Crippen LogP contribution in [-0.2, 0) is 6.54 Å². The molecule has 15 heavy (non-hydrogen) atoms. The molecule has 0 amide bonds. The molecule has 0 aliphatic rings. The van der Waals surface area contributed by atoms with Crippen LogP contribution in [-0.4, -0.2) is 6.04 Å². The first kappa shape index (κ1) is 12.7. The van der Waals surface area contributed by atoms with Crippen LogP contribution in [0.4, 0.5) is 0 Å². The number of unbranched alkanes of at least 4 members (excludes halogenated alkanes) is 1. The molecule has 1 aromatic heterocycles. The van der Waals surface area contributed by atoms with E-state index in [-0.39, 0.29) is 0 Å². The molecule has 86 valence electrons. The molecule has 0 radical (unpaired) electrons. The minimum absolute atomic E-state index is 0.700. The van der Waals surface area contributed by atoms with Crippen LogP contribution in [0.2, 0.25) is 0 Å². The maximum Gasteiger partial charge on any atom is 0.0304 e. The van der Waals surface area contributed by atoms with E-state index in [9.17, 15) is 0 Å². The van der Waals surface area contributed by atoms with Crippen LogP contribution in [0.5, 0.6) is 0 Å². The van der Waals surface area contributed by atoms with Gasteiger partial charge in [0.1, 0.15) is 0 Å². The molecule has 0 saturated heterocycles. The van der Waals surface area contributed by atoms with Crippen LogP contribution in [0.1, 0.15) is 50.0 Å². The Hall–Kier alpha value is -0.340. The van der Waals surface area contributed by atoms with Gasteiger partial charge in [-0.15, -0.1) is 11.3 Å². The summed E-state index contributed by atoms with van der Waals surface area (Å²) in [6, 6.07) is 2.90. The van der Waals surface area contributed by atoms with Gasteiger partial charge in [0.15, 0.2) is 0 Å². The van der Waals surface area contributed by atoms with Crippen molar-refractivity contribution < 1.29 is 0 Å². The highest BCUT2D eigenvalue weighted by Gasteiger charge is 2.06. The second-order valence-electron chi connectivity index (χ2n) is 4.16. The normalized spacial score (nSPS) is 13.0. The van der Waals surface area contributed by atoms with Crippen molar-refractivity contribution in [3.8, 4) is 0 Å². The highest BCUT2D eigenvalue weighted by Crippen LogP contribution is 2.16. The van der Waals surface area contributed by atoms with E-state index in [0.717, 1.165) is 6.54 Å². The van der Waals surface area contributed by atoms with Gasteiger partial charge in [0.25, 0.3) is 0 Å². The number of nitrogens with one attached hydrogen (secondary N) is 1. The predicted octanol–water partition coefficient (Wildman–Crippen LogP) is 4.11. The molecule has 0 aliphatic heterocycles. The monoisotopic (exact) mass is 225 g/mol. The van der Waals surface area contributed by atoms with Crippen molar-refractivity contribution in [3.63, 3.8) is 0 Å². The lowest BCUT2D eigenvalue weighted by molar-refractivity contribution is 0.453. The largest absolute Gasteiger partial charge is 0.309 e. The molecule has 2 heteroatoms. The third-order valence-electron chi connectivity index (χ3n) is 2.92. The summed E-state index contributed by atoms with van der Waals surface area (Å²) in [4.78, 5) is 1.49. The van der Waals surface area contributed by atoms with Gasteiger partial charge in [-0.3, -0.25) is 0 Å². The van der Waals surface area contributed by atoms with Crippen LogP contribution in [0.3, 0.4) is 0 Å². The van der Waals surface area contributed by atoms with Crippen molar-refractivity contribution in [1.29, 1.82) is 0 Å². The highest BCUT2D eigenvalue weighted by atomic mass is 32.1. The number of rotatable bonds is 7. The minimum Gasteiger partial charge on any atom is -0.309 e. The van der Waals surface area contributed by atoms with Gasteiger partial charge < -0.3 is 5.32 Å². The Morgan fingerprint density at radius 3 is 2.73 bits per heavy atom. The lowest BCUT2D eigenvalue weighted by Gasteiger charge is -2.16. The smallest absolute Gasteiger partial charge is 0.0304 e. The van der Waals surface area contributed by atoms with E-state index >= 15 is 0 Å². The van der Waals surface area contributed by atoms with E-state index in [1.165, 1.54) is 36.1 Å². The Morgan fingerprint density at radius 1 is 1.40 bits per heavy atom. The molecule has 1 atom stereocenters. The van der Waals surface area contributed by atoms with Crippen LogP contribution in [0, 0.1) is 6.92 Å². The summed E-state index contributed by atoms with van der Waals surface area (Å²) in [5.74, 6) is 0.